The maximum absolute atomic E-state index is 5.88. The van der Waals surface area contributed by atoms with Crippen LogP contribution in [0.5, 0.6) is 0 Å². The van der Waals surface area contributed by atoms with Gasteiger partial charge in [-0.1, -0.05) is 12.1 Å². The first-order chi connectivity index (χ1) is 7.12. The first kappa shape index (κ1) is 10.7. The lowest BCUT2D eigenvalue weighted by Crippen LogP contribution is -2.32. The van der Waals surface area contributed by atoms with Gasteiger partial charge in [-0.25, -0.2) is 0 Å². The molecule has 2 nitrogen and oxygen atoms in total. The smallest absolute Gasteiger partial charge is 0.117 e. The zero-order chi connectivity index (χ0) is 10.9. The van der Waals surface area contributed by atoms with Gasteiger partial charge in [0.05, 0.1) is 5.52 Å². The van der Waals surface area contributed by atoms with E-state index in [1.165, 1.54) is 16.9 Å². The van der Waals surface area contributed by atoms with Crippen molar-refractivity contribution in [2.75, 3.05) is 11.2 Å². The number of anilines is 1. The molecule has 80 valence electrons. The van der Waals surface area contributed by atoms with Crippen molar-refractivity contribution in [3.05, 3.63) is 24.3 Å². The molecule has 0 atom stereocenters. The third kappa shape index (κ3) is 2.24. The molecule has 4 heteroatoms. The largest absolute Gasteiger partial charge is 0.369 e. The van der Waals surface area contributed by atoms with E-state index in [-0.39, 0.29) is 5.54 Å². The topological polar surface area (TPSA) is 24.9 Å². The predicted octanol–water partition coefficient (Wildman–Crippen LogP) is 3.73. The van der Waals surface area contributed by atoms with Gasteiger partial charge in [0.25, 0.3) is 0 Å². The molecule has 1 N–H and O–H groups in total. The molecule has 0 radical (unpaired) electrons. The first-order valence-electron chi connectivity index (χ1n) is 4.81. The Morgan fingerprint density at radius 3 is 2.87 bits per heavy atom. The quantitative estimate of drug-likeness (QED) is 0.827. The second kappa shape index (κ2) is 3.99. The third-order valence-corrected chi connectivity index (χ3v) is 3.63. The molecule has 2 aromatic rings. The maximum Gasteiger partial charge on any atom is 0.117 e. The molecular formula is C11H13ClN2S. The molecule has 1 heterocycles. The van der Waals surface area contributed by atoms with Crippen molar-refractivity contribution in [1.29, 1.82) is 0 Å². The molecule has 0 amide bonds. The minimum absolute atomic E-state index is 0.100. The number of nitrogens with one attached hydrogen (secondary N) is 1. The molecule has 0 aliphatic rings. The lowest BCUT2D eigenvalue weighted by molar-refractivity contribution is 0.644. The zero-order valence-electron chi connectivity index (χ0n) is 8.75. The molecule has 0 unspecified atom stereocenters. The number of benzene rings is 1. The second-order valence-electron chi connectivity index (χ2n) is 4.17. The van der Waals surface area contributed by atoms with Crippen LogP contribution in [-0.2, 0) is 0 Å². The second-order valence-corrected chi connectivity index (χ2v) is 5.21. The van der Waals surface area contributed by atoms with E-state index < -0.39 is 0 Å². The fourth-order valence-corrected chi connectivity index (χ4v) is 2.33. The van der Waals surface area contributed by atoms with E-state index in [9.17, 15) is 0 Å². The summed E-state index contributed by atoms with van der Waals surface area (Å²) in [6.07, 6.45) is 0. The van der Waals surface area contributed by atoms with Crippen LogP contribution >= 0.6 is 23.1 Å². The van der Waals surface area contributed by atoms with Crippen molar-refractivity contribution in [2.45, 2.75) is 19.4 Å². The van der Waals surface area contributed by atoms with Crippen molar-refractivity contribution < 1.29 is 0 Å². The molecule has 0 saturated carbocycles. The summed E-state index contributed by atoms with van der Waals surface area (Å²) >= 11 is 7.37. The number of hydrogen-bond acceptors (Lipinski definition) is 3. The number of nitrogens with zero attached hydrogens (tertiary/aromatic N) is 1. The monoisotopic (exact) mass is 240 g/mol. The van der Waals surface area contributed by atoms with Gasteiger partial charge in [-0.05, 0) is 37.5 Å². The van der Waals surface area contributed by atoms with Crippen LogP contribution in [0.2, 0.25) is 0 Å². The van der Waals surface area contributed by atoms with Crippen molar-refractivity contribution in [3.8, 4) is 0 Å². The van der Waals surface area contributed by atoms with Crippen LogP contribution in [0.3, 0.4) is 0 Å². The third-order valence-electron chi connectivity index (χ3n) is 2.17. The SMILES string of the molecule is CC(C)(CCl)Nc1snc2ccccc12. The van der Waals surface area contributed by atoms with Gasteiger partial charge >= 0.3 is 0 Å². The van der Waals surface area contributed by atoms with Crippen LogP contribution in [0.25, 0.3) is 10.9 Å². The molecule has 15 heavy (non-hydrogen) atoms. The molecular weight excluding hydrogens is 228 g/mol. The van der Waals surface area contributed by atoms with Gasteiger partial charge in [0.15, 0.2) is 0 Å². The van der Waals surface area contributed by atoms with E-state index in [1.807, 2.05) is 18.2 Å². The highest BCUT2D eigenvalue weighted by Crippen LogP contribution is 2.29. The predicted molar refractivity (Wildman–Crippen MR) is 68.0 cm³/mol. The van der Waals surface area contributed by atoms with Gasteiger partial charge in [-0.2, -0.15) is 4.37 Å². The van der Waals surface area contributed by atoms with Crippen LogP contribution in [0, 0.1) is 0 Å². The van der Waals surface area contributed by atoms with E-state index >= 15 is 0 Å². The number of halogens is 1. The lowest BCUT2D eigenvalue weighted by Gasteiger charge is -2.23. The summed E-state index contributed by atoms with van der Waals surface area (Å²) in [6.45, 7) is 4.16. The standard InChI is InChI=1S/C11H13ClN2S/c1-11(2,7-12)13-10-8-5-3-4-6-9(8)14-15-10/h3-6,13H,7H2,1-2H3. The van der Waals surface area contributed by atoms with Crippen molar-refractivity contribution in [1.82, 2.24) is 4.37 Å². The van der Waals surface area contributed by atoms with Gasteiger partial charge in [-0.3, -0.25) is 0 Å². The average Bonchev–Trinajstić information content (AvgIpc) is 2.62. The van der Waals surface area contributed by atoms with Crippen LogP contribution < -0.4 is 5.32 Å². The fraction of sp³-hybridized carbons (Fsp3) is 0.364. The van der Waals surface area contributed by atoms with Crippen molar-refractivity contribution in [2.24, 2.45) is 0 Å². The summed E-state index contributed by atoms with van der Waals surface area (Å²) in [7, 11) is 0. The average molecular weight is 241 g/mol. The Morgan fingerprint density at radius 1 is 1.40 bits per heavy atom. The summed E-state index contributed by atoms with van der Waals surface area (Å²) in [6, 6.07) is 8.12. The maximum atomic E-state index is 5.88. The summed E-state index contributed by atoms with van der Waals surface area (Å²) in [5, 5.41) is 5.68. The Hall–Kier alpha value is -0.800. The van der Waals surface area contributed by atoms with E-state index in [0.29, 0.717) is 5.88 Å². The van der Waals surface area contributed by atoms with E-state index in [0.717, 1.165) is 10.5 Å². The van der Waals surface area contributed by atoms with Crippen LogP contribution in [-0.4, -0.2) is 15.8 Å². The molecule has 1 aromatic carbocycles. The first-order valence-corrected chi connectivity index (χ1v) is 6.12. The molecule has 2 rings (SSSR count). The zero-order valence-corrected chi connectivity index (χ0v) is 10.3. The lowest BCUT2D eigenvalue weighted by atomic mass is 10.1. The van der Waals surface area contributed by atoms with Gasteiger partial charge in [0.2, 0.25) is 0 Å². The Bertz CT molecular complexity index is 464. The van der Waals surface area contributed by atoms with E-state index in [4.69, 9.17) is 11.6 Å². The highest BCUT2D eigenvalue weighted by molar-refractivity contribution is 7.11. The summed E-state index contributed by atoms with van der Waals surface area (Å²) in [5.41, 5.74) is 0.937. The summed E-state index contributed by atoms with van der Waals surface area (Å²) < 4.78 is 4.37. The Morgan fingerprint density at radius 2 is 2.13 bits per heavy atom. The van der Waals surface area contributed by atoms with Gasteiger partial charge in [-0.15, -0.1) is 11.6 Å². The Kier molecular flexibility index (Phi) is 2.85. The van der Waals surface area contributed by atoms with E-state index in [1.54, 1.807) is 0 Å². The Balaban J connectivity index is 2.37. The number of fused-ring (bicyclic) bond motifs is 1. The summed E-state index contributed by atoms with van der Waals surface area (Å²) in [4.78, 5) is 0. The van der Waals surface area contributed by atoms with Crippen LogP contribution in [0.15, 0.2) is 24.3 Å². The highest BCUT2D eigenvalue weighted by Gasteiger charge is 2.18. The molecule has 0 bridgehead atoms. The molecule has 0 aliphatic carbocycles. The van der Waals surface area contributed by atoms with Crippen molar-refractivity contribution in [3.63, 3.8) is 0 Å². The van der Waals surface area contributed by atoms with Gasteiger partial charge in [0, 0.05) is 16.8 Å². The van der Waals surface area contributed by atoms with Crippen LogP contribution in [0.4, 0.5) is 5.00 Å². The van der Waals surface area contributed by atoms with Crippen LogP contribution in [0.1, 0.15) is 13.8 Å². The number of alkyl halides is 1. The minimum Gasteiger partial charge on any atom is -0.369 e. The molecule has 0 saturated heterocycles. The fourth-order valence-electron chi connectivity index (χ4n) is 1.32. The minimum atomic E-state index is -0.100. The number of hydrogen-bond donors (Lipinski definition) is 1. The van der Waals surface area contributed by atoms with E-state index in [2.05, 4.69) is 29.6 Å². The van der Waals surface area contributed by atoms with Gasteiger partial charge in [0.1, 0.15) is 5.00 Å². The molecule has 0 fully saturated rings. The molecule has 0 aliphatic heterocycles. The highest BCUT2D eigenvalue weighted by atomic mass is 35.5. The van der Waals surface area contributed by atoms with Gasteiger partial charge < -0.3 is 5.32 Å². The molecule has 1 aromatic heterocycles. The summed E-state index contributed by atoms with van der Waals surface area (Å²) in [5.74, 6) is 0.569. The number of rotatable bonds is 3. The Labute approximate surface area is 98.4 Å². The van der Waals surface area contributed by atoms with Crippen molar-refractivity contribution >= 4 is 39.0 Å². The normalized spacial score (nSPS) is 11.9. The number of aromatic nitrogens is 1. The molecule has 0 spiro atoms.